The van der Waals surface area contributed by atoms with E-state index in [1.165, 1.54) is 0 Å². The third-order valence-corrected chi connectivity index (χ3v) is 4.22. The number of pyridine rings is 1. The number of nitrogens with zero attached hydrogens (tertiary/aromatic N) is 3. The minimum Gasteiger partial charge on any atom is -0.495 e. The lowest BCUT2D eigenvalue weighted by atomic mass is 9.75. The summed E-state index contributed by atoms with van der Waals surface area (Å²) in [5.41, 5.74) is 1.49. The van der Waals surface area contributed by atoms with Crippen LogP contribution in [0.4, 0.5) is 0 Å². The molecule has 24 heavy (non-hydrogen) atoms. The molecule has 0 aromatic carbocycles. The van der Waals surface area contributed by atoms with Gasteiger partial charge in [-0.15, -0.1) is 0 Å². The third-order valence-electron chi connectivity index (χ3n) is 4.22. The van der Waals surface area contributed by atoms with Crippen molar-refractivity contribution in [3.8, 4) is 5.75 Å². The molecule has 1 saturated carbocycles. The minimum atomic E-state index is -0.298. The first-order chi connectivity index (χ1) is 11.7. The molecule has 7 heteroatoms. The molecule has 1 aliphatic carbocycles. The molecule has 1 atom stereocenters. The molecule has 2 heterocycles. The summed E-state index contributed by atoms with van der Waals surface area (Å²) < 4.78 is 5.22. The number of ether oxygens (including phenoxy) is 1. The van der Waals surface area contributed by atoms with Gasteiger partial charge in [0.15, 0.2) is 0 Å². The standard InChI is InChI=1S/C17H20N4O3/c1-24-15-6-12(8-19-10-15)17(11-4-14(22)5-11)21-16(23)7-13-9-18-2-3-20-13/h2-3,6,8-11,14,17,22H,4-5,7H2,1H3,(H,21,23). The Morgan fingerprint density at radius 3 is 2.83 bits per heavy atom. The summed E-state index contributed by atoms with van der Waals surface area (Å²) in [6.07, 6.45) is 9.24. The molecule has 1 unspecified atom stereocenters. The number of aromatic nitrogens is 3. The van der Waals surface area contributed by atoms with Gasteiger partial charge in [0.2, 0.25) is 5.91 Å². The Bertz CT molecular complexity index is 689. The van der Waals surface area contributed by atoms with Crippen LogP contribution in [0, 0.1) is 5.92 Å². The molecule has 7 nitrogen and oxygen atoms in total. The van der Waals surface area contributed by atoms with Crippen molar-refractivity contribution in [2.45, 2.75) is 31.4 Å². The number of carbonyl (C=O) groups is 1. The Morgan fingerprint density at radius 2 is 2.17 bits per heavy atom. The minimum absolute atomic E-state index is 0.135. The Kier molecular flexibility index (Phi) is 5.00. The molecule has 0 bridgehead atoms. The zero-order chi connectivity index (χ0) is 16.9. The summed E-state index contributed by atoms with van der Waals surface area (Å²) in [6, 6.07) is 1.66. The average Bonchev–Trinajstić information content (AvgIpc) is 2.58. The normalized spacial score (nSPS) is 20.8. The van der Waals surface area contributed by atoms with Crippen LogP contribution >= 0.6 is 0 Å². The molecule has 1 amide bonds. The Balaban J connectivity index is 1.73. The molecular formula is C17H20N4O3. The van der Waals surface area contributed by atoms with E-state index in [0.717, 1.165) is 5.56 Å². The first-order valence-corrected chi connectivity index (χ1v) is 7.87. The topological polar surface area (TPSA) is 97.2 Å². The summed E-state index contributed by atoms with van der Waals surface area (Å²) in [6.45, 7) is 0. The van der Waals surface area contributed by atoms with Crippen molar-refractivity contribution in [1.29, 1.82) is 0 Å². The second-order valence-corrected chi connectivity index (χ2v) is 5.96. The van der Waals surface area contributed by atoms with Gasteiger partial charge in [-0.3, -0.25) is 19.7 Å². The van der Waals surface area contributed by atoms with Gasteiger partial charge in [-0.05, 0) is 30.4 Å². The molecule has 1 aliphatic rings. The molecule has 2 aromatic heterocycles. The van der Waals surface area contributed by atoms with Gasteiger partial charge in [0, 0.05) is 24.8 Å². The van der Waals surface area contributed by atoms with Gasteiger partial charge in [-0.1, -0.05) is 0 Å². The molecule has 2 N–H and O–H groups in total. The number of carbonyl (C=O) groups excluding carboxylic acids is 1. The lowest BCUT2D eigenvalue weighted by Gasteiger charge is -2.38. The number of hydrogen-bond donors (Lipinski definition) is 2. The summed E-state index contributed by atoms with van der Waals surface area (Å²) in [4.78, 5) is 24.6. The quantitative estimate of drug-likeness (QED) is 0.823. The smallest absolute Gasteiger partial charge is 0.226 e. The van der Waals surface area contributed by atoms with Crippen LogP contribution in [0.15, 0.2) is 37.1 Å². The van der Waals surface area contributed by atoms with Crippen molar-refractivity contribution >= 4 is 5.91 Å². The number of aliphatic hydroxyl groups is 1. The number of nitrogens with one attached hydrogen (secondary N) is 1. The van der Waals surface area contributed by atoms with Crippen molar-refractivity contribution in [2.24, 2.45) is 5.92 Å². The van der Waals surface area contributed by atoms with Gasteiger partial charge in [0.25, 0.3) is 0 Å². The van der Waals surface area contributed by atoms with E-state index in [9.17, 15) is 9.90 Å². The molecule has 0 saturated heterocycles. The van der Waals surface area contributed by atoms with Gasteiger partial charge in [0.05, 0.1) is 37.6 Å². The van der Waals surface area contributed by atoms with Crippen LogP contribution in [0.3, 0.4) is 0 Å². The average molecular weight is 328 g/mol. The highest BCUT2D eigenvalue weighted by atomic mass is 16.5. The Hall–Kier alpha value is -2.54. The molecular weight excluding hydrogens is 308 g/mol. The van der Waals surface area contributed by atoms with E-state index in [-0.39, 0.29) is 30.4 Å². The fraction of sp³-hybridized carbons (Fsp3) is 0.412. The van der Waals surface area contributed by atoms with Crippen LogP contribution in [-0.4, -0.2) is 39.2 Å². The lowest BCUT2D eigenvalue weighted by molar-refractivity contribution is -0.122. The van der Waals surface area contributed by atoms with Crippen LogP contribution in [-0.2, 0) is 11.2 Å². The van der Waals surface area contributed by atoms with Crippen LogP contribution in [0.1, 0.15) is 30.1 Å². The van der Waals surface area contributed by atoms with E-state index in [2.05, 4.69) is 20.3 Å². The number of rotatable bonds is 6. The maximum Gasteiger partial charge on any atom is 0.226 e. The fourth-order valence-electron chi connectivity index (χ4n) is 2.90. The van der Waals surface area contributed by atoms with Crippen LogP contribution in [0.2, 0.25) is 0 Å². The van der Waals surface area contributed by atoms with Gasteiger partial charge >= 0.3 is 0 Å². The third kappa shape index (κ3) is 3.86. The van der Waals surface area contributed by atoms with E-state index in [1.54, 1.807) is 38.1 Å². The molecule has 2 aromatic rings. The molecule has 3 rings (SSSR count). The highest BCUT2D eigenvalue weighted by Gasteiger charge is 2.36. The van der Waals surface area contributed by atoms with Crippen molar-refractivity contribution in [3.63, 3.8) is 0 Å². The molecule has 126 valence electrons. The number of amides is 1. The molecule has 0 spiro atoms. The highest BCUT2D eigenvalue weighted by molar-refractivity contribution is 5.78. The second kappa shape index (κ2) is 7.35. The van der Waals surface area contributed by atoms with Gasteiger partial charge < -0.3 is 15.2 Å². The van der Waals surface area contributed by atoms with E-state index in [1.807, 2.05) is 6.07 Å². The molecule has 0 aliphatic heterocycles. The number of methoxy groups -OCH3 is 1. The summed E-state index contributed by atoms with van der Waals surface area (Å²) >= 11 is 0. The first-order valence-electron chi connectivity index (χ1n) is 7.87. The second-order valence-electron chi connectivity index (χ2n) is 5.96. The summed E-state index contributed by atoms with van der Waals surface area (Å²) in [5.74, 6) is 0.685. The maximum atomic E-state index is 12.4. The van der Waals surface area contributed by atoms with Gasteiger partial charge in [0.1, 0.15) is 5.75 Å². The summed E-state index contributed by atoms with van der Waals surface area (Å²) in [5, 5.41) is 12.7. The van der Waals surface area contributed by atoms with E-state index >= 15 is 0 Å². The number of aliphatic hydroxyl groups excluding tert-OH is 1. The predicted octanol–water partition coefficient (Wildman–Crippen LogP) is 1.05. The van der Waals surface area contributed by atoms with Crippen molar-refractivity contribution in [3.05, 3.63) is 48.3 Å². The van der Waals surface area contributed by atoms with Crippen LogP contribution in [0.5, 0.6) is 5.75 Å². The zero-order valence-electron chi connectivity index (χ0n) is 13.4. The lowest BCUT2D eigenvalue weighted by Crippen LogP contribution is -2.42. The van der Waals surface area contributed by atoms with E-state index in [0.29, 0.717) is 24.3 Å². The summed E-state index contributed by atoms with van der Waals surface area (Å²) in [7, 11) is 1.58. The van der Waals surface area contributed by atoms with Crippen molar-refractivity contribution in [2.75, 3.05) is 7.11 Å². The largest absolute Gasteiger partial charge is 0.495 e. The van der Waals surface area contributed by atoms with Crippen molar-refractivity contribution in [1.82, 2.24) is 20.3 Å². The van der Waals surface area contributed by atoms with Crippen molar-refractivity contribution < 1.29 is 14.6 Å². The van der Waals surface area contributed by atoms with E-state index < -0.39 is 0 Å². The molecule has 1 fully saturated rings. The Labute approximate surface area is 140 Å². The highest BCUT2D eigenvalue weighted by Crippen LogP contribution is 2.38. The zero-order valence-corrected chi connectivity index (χ0v) is 13.4. The molecule has 0 radical (unpaired) electrons. The van der Waals surface area contributed by atoms with E-state index in [4.69, 9.17) is 4.74 Å². The predicted molar refractivity (Wildman–Crippen MR) is 86.1 cm³/mol. The van der Waals surface area contributed by atoms with Gasteiger partial charge in [-0.2, -0.15) is 0 Å². The number of hydrogen-bond acceptors (Lipinski definition) is 6. The van der Waals surface area contributed by atoms with Crippen LogP contribution < -0.4 is 10.1 Å². The fourth-order valence-corrected chi connectivity index (χ4v) is 2.90. The van der Waals surface area contributed by atoms with Gasteiger partial charge in [-0.25, -0.2) is 0 Å². The first kappa shape index (κ1) is 16.3. The van der Waals surface area contributed by atoms with Crippen LogP contribution in [0.25, 0.3) is 0 Å². The maximum absolute atomic E-state index is 12.4. The SMILES string of the molecule is COc1cncc(C(NC(=O)Cc2cnccn2)C2CC(O)C2)c1. The monoisotopic (exact) mass is 328 g/mol. The Morgan fingerprint density at radius 1 is 1.33 bits per heavy atom.